The van der Waals surface area contributed by atoms with Crippen molar-refractivity contribution in [3.63, 3.8) is 0 Å². The molecular formula is C9H10FN5S. The lowest BCUT2D eigenvalue weighted by molar-refractivity contribution is 0.606. The predicted octanol–water partition coefficient (Wildman–Crippen LogP) is 1.64. The number of nitrogens with one attached hydrogen (secondary N) is 1. The summed E-state index contributed by atoms with van der Waals surface area (Å²) in [5.74, 6) is 4.99. The van der Waals surface area contributed by atoms with E-state index in [1.165, 1.54) is 11.3 Å². The van der Waals surface area contributed by atoms with Crippen molar-refractivity contribution in [2.24, 2.45) is 5.84 Å². The Morgan fingerprint density at radius 2 is 2.06 bits per heavy atom. The molecule has 84 valence electrons. The first-order valence-corrected chi connectivity index (χ1v) is 5.43. The van der Waals surface area contributed by atoms with E-state index in [9.17, 15) is 4.39 Å². The largest absolute Gasteiger partial charge is 0.306 e. The topological polar surface area (TPSA) is 76.7 Å². The number of hydrogen-bond donors (Lipinski definition) is 2. The molecule has 0 bridgehead atoms. The van der Waals surface area contributed by atoms with E-state index in [-0.39, 0.29) is 11.5 Å². The van der Waals surface area contributed by atoms with Crippen LogP contribution in [0.5, 0.6) is 0 Å². The second-order valence-electron chi connectivity index (χ2n) is 3.23. The second kappa shape index (κ2) is 4.11. The Balaban J connectivity index is 2.54. The van der Waals surface area contributed by atoms with E-state index in [4.69, 9.17) is 5.84 Å². The fourth-order valence-corrected chi connectivity index (χ4v) is 1.94. The van der Waals surface area contributed by atoms with E-state index in [1.54, 1.807) is 6.92 Å². The molecule has 0 aliphatic heterocycles. The van der Waals surface area contributed by atoms with Crippen LogP contribution in [0.25, 0.3) is 10.8 Å². The van der Waals surface area contributed by atoms with Crippen LogP contribution in [0.3, 0.4) is 0 Å². The summed E-state index contributed by atoms with van der Waals surface area (Å²) in [5.41, 5.74) is 3.33. The number of hydrogen-bond acceptors (Lipinski definition) is 6. The van der Waals surface area contributed by atoms with Crippen LogP contribution in [0.15, 0.2) is 5.38 Å². The molecule has 0 amide bonds. The Kier molecular flexibility index (Phi) is 2.80. The van der Waals surface area contributed by atoms with Gasteiger partial charge in [0, 0.05) is 11.1 Å². The van der Waals surface area contributed by atoms with Gasteiger partial charge in [-0.1, -0.05) is 0 Å². The first-order valence-electron chi connectivity index (χ1n) is 4.55. The van der Waals surface area contributed by atoms with Crippen molar-refractivity contribution >= 4 is 17.2 Å². The van der Waals surface area contributed by atoms with E-state index < -0.39 is 5.82 Å². The smallest absolute Gasteiger partial charge is 0.191 e. The van der Waals surface area contributed by atoms with Gasteiger partial charge in [-0.3, -0.25) is 0 Å². The molecule has 0 atom stereocenters. The van der Waals surface area contributed by atoms with Crippen molar-refractivity contribution in [2.75, 3.05) is 5.43 Å². The zero-order valence-electron chi connectivity index (χ0n) is 8.78. The van der Waals surface area contributed by atoms with Gasteiger partial charge < -0.3 is 5.43 Å². The number of aryl methyl sites for hydroxylation is 2. The van der Waals surface area contributed by atoms with Gasteiger partial charge in [-0.25, -0.2) is 25.2 Å². The molecule has 2 heterocycles. The standard InChI is InChI=1S/C9H10FN5S/c1-4-3-16-9(12-4)8-13-5(2)6(10)7(14-8)15-11/h3H,11H2,1-2H3,(H,13,14,15). The first kappa shape index (κ1) is 10.9. The minimum absolute atomic E-state index is 0.0182. The fourth-order valence-electron chi connectivity index (χ4n) is 1.21. The number of hydrazine groups is 1. The zero-order valence-corrected chi connectivity index (χ0v) is 9.60. The third-order valence-corrected chi connectivity index (χ3v) is 2.92. The van der Waals surface area contributed by atoms with Crippen LogP contribution >= 0.6 is 11.3 Å². The molecular weight excluding hydrogens is 229 g/mol. The van der Waals surface area contributed by atoms with E-state index in [0.717, 1.165) is 5.69 Å². The molecule has 0 aliphatic rings. The Morgan fingerprint density at radius 3 is 2.62 bits per heavy atom. The molecule has 3 N–H and O–H groups in total. The Hall–Kier alpha value is -1.60. The quantitative estimate of drug-likeness (QED) is 0.615. The Bertz CT molecular complexity index is 525. The van der Waals surface area contributed by atoms with Gasteiger partial charge in [0.1, 0.15) is 0 Å². The SMILES string of the molecule is Cc1csc(-c2nc(C)c(F)c(NN)n2)n1. The maximum atomic E-state index is 13.4. The third kappa shape index (κ3) is 1.86. The van der Waals surface area contributed by atoms with Crippen LogP contribution in [0, 0.1) is 19.7 Å². The van der Waals surface area contributed by atoms with Gasteiger partial charge in [-0.15, -0.1) is 11.3 Å². The lowest BCUT2D eigenvalue weighted by Gasteiger charge is -2.04. The van der Waals surface area contributed by atoms with Gasteiger partial charge in [0.25, 0.3) is 0 Å². The molecule has 0 unspecified atom stereocenters. The van der Waals surface area contributed by atoms with Gasteiger partial charge in [0.2, 0.25) is 0 Å². The average molecular weight is 239 g/mol. The van der Waals surface area contributed by atoms with Gasteiger partial charge in [0.05, 0.1) is 5.69 Å². The molecule has 5 nitrogen and oxygen atoms in total. The van der Waals surface area contributed by atoms with Gasteiger partial charge in [-0.05, 0) is 13.8 Å². The number of nitrogen functional groups attached to an aromatic ring is 1. The summed E-state index contributed by atoms with van der Waals surface area (Å²) in [6.07, 6.45) is 0. The minimum Gasteiger partial charge on any atom is -0.306 e. The summed E-state index contributed by atoms with van der Waals surface area (Å²) in [7, 11) is 0. The lowest BCUT2D eigenvalue weighted by Crippen LogP contribution is -2.13. The molecule has 0 aliphatic carbocycles. The van der Waals surface area contributed by atoms with Crippen molar-refractivity contribution in [3.8, 4) is 10.8 Å². The zero-order chi connectivity index (χ0) is 11.7. The Morgan fingerprint density at radius 1 is 1.31 bits per heavy atom. The van der Waals surface area contributed by atoms with Crippen LogP contribution in [-0.2, 0) is 0 Å². The molecule has 2 rings (SSSR count). The molecule has 7 heteroatoms. The second-order valence-corrected chi connectivity index (χ2v) is 4.09. The van der Waals surface area contributed by atoms with Crippen LogP contribution in [-0.4, -0.2) is 15.0 Å². The number of thiazole rings is 1. The number of halogens is 1. The minimum atomic E-state index is -0.542. The van der Waals surface area contributed by atoms with Crippen molar-refractivity contribution in [3.05, 3.63) is 22.6 Å². The van der Waals surface area contributed by atoms with Crippen molar-refractivity contribution in [1.82, 2.24) is 15.0 Å². The molecule has 0 saturated carbocycles. The van der Waals surface area contributed by atoms with Crippen LogP contribution in [0.4, 0.5) is 10.2 Å². The predicted molar refractivity (Wildman–Crippen MR) is 60.4 cm³/mol. The van der Waals surface area contributed by atoms with E-state index in [0.29, 0.717) is 10.8 Å². The third-order valence-electron chi connectivity index (χ3n) is 1.96. The van der Waals surface area contributed by atoms with E-state index in [2.05, 4.69) is 20.4 Å². The molecule has 2 aromatic heterocycles. The van der Waals surface area contributed by atoms with Gasteiger partial charge >= 0.3 is 0 Å². The summed E-state index contributed by atoms with van der Waals surface area (Å²) in [4.78, 5) is 12.2. The average Bonchev–Trinajstić information content (AvgIpc) is 2.69. The summed E-state index contributed by atoms with van der Waals surface area (Å²) in [6, 6.07) is 0. The van der Waals surface area contributed by atoms with Gasteiger partial charge in [-0.2, -0.15) is 0 Å². The van der Waals surface area contributed by atoms with Crippen LogP contribution in [0.1, 0.15) is 11.4 Å². The highest BCUT2D eigenvalue weighted by atomic mass is 32.1. The summed E-state index contributed by atoms with van der Waals surface area (Å²) in [5, 5.41) is 2.53. The molecule has 0 aromatic carbocycles. The number of nitrogens with two attached hydrogens (primary N) is 1. The fraction of sp³-hybridized carbons (Fsp3) is 0.222. The van der Waals surface area contributed by atoms with Crippen molar-refractivity contribution in [1.29, 1.82) is 0 Å². The number of aromatic nitrogens is 3. The number of nitrogens with zero attached hydrogens (tertiary/aromatic N) is 3. The molecule has 16 heavy (non-hydrogen) atoms. The van der Waals surface area contributed by atoms with Gasteiger partial charge in [0.15, 0.2) is 22.5 Å². The van der Waals surface area contributed by atoms with Crippen molar-refractivity contribution in [2.45, 2.75) is 13.8 Å². The van der Waals surface area contributed by atoms with Crippen LogP contribution in [0.2, 0.25) is 0 Å². The normalized spacial score (nSPS) is 10.5. The maximum absolute atomic E-state index is 13.4. The highest BCUT2D eigenvalue weighted by Crippen LogP contribution is 2.23. The number of anilines is 1. The van der Waals surface area contributed by atoms with Crippen molar-refractivity contribution < 1.29 is 4.39 Å². The first-order chi connectivity index (χ1) is 7.61. The van der Waals surface area contributed by atoms with E-state index in [1.807, 2.05) is 12.3 Å². The van der Waals surface area contributed by atoms with Crippen LogP contribution < -0.4 is 11.3 Å². The highest BCUT2D eigenvalue weighted by Gasteiger charge is 2.13. The molecule has 2 aromatic rings. The molecule has 0 radical (unpaired) electrons. The monoisotopic (exact) mass is 239 g/mol. The van der Waals surface area contributed by atoms with E-state index >= 15 is 0 Å². The summed E-state index contributed by atoms with van der Waals surface area (Å²) >= 11 is 1.41. The summed E-state index contributed by atoms with van der Waals surface area (Å²) in [6.45, 7) is 3.43. The Labute approximate surface area is 95.5 Å². The maximum Gasteiger partial charge on any atom is 0.191 e. The number of rotatable bonds is 2. The molecule has 0 spiro atoms. The molecule has 0 saturated heterocycles. The highest BCUT2D eigenvalue weighted by molar-refractivity contribution is 7.13. The summed E-state index contributed by atoms with van der Waals surface area (Å²) < 4.78 is 13.4. The lowest BCUT2D eigenvalue weighted by atomic mass is 10.4. The molecule has 0 fully saturated rings.